The zero-order valence-electron chi connectivity index (χ0n) is 22.3. The highest BCUT2D eigenvalue weighted by molar-refractivity contribution is 6.90. The monoisotopic (exact) mass is 550 g/mol. The molecule has 1 heterocycles. The van der Waals surface area contributed by atoms with E-state index in [2.05, 4.69) is 53.0 Å². The van der Waals surface area contributed by atoms with Crippen molar-refractivity contribution in [2.75, 3.05) is 13.7 Å². The molecule has 2 atom stereocenters. The van der Waals surface area contributed by atoms with Gasteiger partial charge in [-0.3, -0.25) is 9.80 Å². The van der Waals surface area contributed by atoms with E-state index in [1.165, 1.54) is 0 Å². The third-order valence-corrected chi connectivity index (χ3v) is 13.6. The quantitative estimate of drug-likeness (QED) is 0.209. The van der Waals surface area contributed by atoms with Gasteiger partial charge >= 0.3 is 18.4 Å². The number of carbonyl (C=O) groups is 1. The summed E-state index contributed by atoms with van der Waals surface area (Å²) >= 11 is 0. The molecule has 0 N–H and O–H groups in total. The number of amides is 1. The van der Waals surface area contributed by atoms with E-state index in [0.717, 1.165) is 36.3 Å². The van der Waals surface area contributed by atoms with Gasteiger partial charge in [0.05, 0.1) is 18.7 Å². The Bertz CT molecular complexity index is 958. The maximum atomic E-state index is 14.2. The minimum atomic E-state index is -4.81. The van der Waals surface area contributed by atoms with Gasteiger partial charge in [0.1, 0.15) is 8.07 Å². The van der Waals surface area contributed by atoms with Crippen LogP contribution in [0.1, 0.15) is 59.1 Å². The van der Waals surface area contributed by atoms with Crippen LogP contribution in [0.4, 0.5) is 31.1 Å². The average molecular weight is 551 g/mol. The van der Waals surface area contributed by atoms with E-state index < -0.39 is 44.3 Å². The first-order chi connectivity index (χ1) is 17.0. The molecule has 37 heavy (non-hydrogen) atoms. The molecule has 0 spiro atoms. The molecule has 0 saturated carbocycles. The number of carbonyl (C=O) groups excluding carboxylic acids is 1. The number of methoxy groups -OCH3 is 1. The first-order valence-electron chi connectivity index (χ1n) is 12.3. The lowest BCUT2D eigenvalue weighted by Gasteiger charge is -2.38. The van der Waals surface area contributed by atoms with Crippen molar-refractivity contribution in [3.63, 3.8) is 0 Å². The average Bonchev–Trinajstić information content (AvgIpc) is 3.13. The summed E-state index contributed by atoms with van der Waals surface area (Å²) in [5, 5.41) is 0. The first-order valence-corrected chi connectivity index (χ1v) is 14.5. The highest BCUT2D eigenvalue weighted by Gasteiger charge is 2.56. The van der Waals surface area contributed by atoms with Gasteiger partial charge in [0.2, 0.25) is 0 Å². The summed E-state index contributed by atoms with van der Waals surface area (Å²) in [5.41, 5.74) is 3.86. The number of hydrogen-bond acceptors (Lipinski definition) is 3. The van der Waals surface area contributed by atoms with E-state index in [1.54, 1.807) is 0 Å². The summed E-state index contributed by atoms with van der Waals surface area (Å²) in [4.78, 5) is 14.2. The second-order valence-electron chi connectivity index (χ2n) is 10.5. The summed E-state index contributed by atoms with van der Waals surface area (Å²) in [7, 11) is -1.11. The molecule has 1 saturated heterocycles. The molecule has 1 amide bonds. The van der Waals surface area contributed by atoms with Crippen LogP contribution >= 0.6 is 0 Å². The maximum Gasteiger partial charge on any atom is 0.422 e. The molecule has 11 heteroatoms. The van der Waals surface area contributed by atoms with E-state index in [9.17, 15) is 31.1 Å². The molecule has 1 aliphatic rings. The van der Waals surface area contributed by atoms with Crippen molar-refractivity contribution >= 4 is 14.2 Å². The Hall–Kier alpha value is -2.19. The zero-order valence-corrected chi connectivity index (χ0v) is 23.3. The van der Waals surface area contributed by atoms with Gasteiger partial charge in [-0.15, -0.1) is 11.5 Å². The Labute approximate surface area is 216 Å². The standard InChI is InChI=1S/C26H36F6N2O2Si/c1-17(2)37(18(3)4,19(5)6)14-8-9-22-16-33(23(26(30,31)32)34(22)24(35)36-7)15-20-10-12-21(13-11-20)25(27,28)29/h10-13,17-19,22-23H,9,15-16H2,1-7H3/t22-,23+/m0/s1. The molecular weight excluding hydrogens is 514 g/mol. The Morgan fingerprint density at radius 2 is 1.51 bits per heavy atom. The molecule has 0 aliphatic carbocycles. The molecule has 0 aromatic heterocycles. The molecule has 1 aliphatic heterocycles. The minimum Gasteiger partial charge on any atom is -0.453 e. The first kappa shape index (κ1) is 31.0. The lowest BCUT2D eigenvalue weighted by molar-refractivity contribution is -0.205. The van der Waals surface area contributed by atoms with Crippen LogP contribution in [0.25, 0.3) is 0 Å². The van der Waals surface area contributed by atoms with Crippen molar-refractivity contribution in [2.45, 2.75) is 95.7 Å². The predicted molar refractivity (Wildman–Crippen MR) is 133 cm³/mol. The molecule has 0 bridgehead atoms. The normalized spacial score (nSPS) is 19.5. The van der Waals surface area contributed by atoms with Gasteiger partial charge in [-0.25, -0.2) is 4.79 Å². The third-order valence-electron chi connectivity index (χ3n) is 7.30. The molecule has 1 aromatic carbocycles. The second-order valence-corrected chi connectivity index (χ2v) is 16.1. The minimum absolute atomic E-state index is 0.0338. The zero-order chi connectivity index (χ0) is 28.3. The predicted octanol–water partition coefficient (Wildman–Crippen LogP) is 7.46. The molecule has 0 unspecified atom stereocenters. The van der Waals surface area contributed by atoms with E-state index in [-0.39, 0.29) is 25.1 Å². The smallest absolute Gasteiger partial charge is 0.422 e. The Morgan fingerprint density at radius 3 is 1.92 bits per heavy atom. The van der Waals surface area contributed by atoms with Crippen molar-refractivity contribution in [3.8, 4) is 11.5 Å². The number of halogens is 6. The maximum absolute atomic E-state index is 14.2. The lowest BCUT2D eigenvalue weighted by Crippen LogP contribution is -2.52. The summed E-state index contributed by atoms with van der Waals surface area (Å²) in [6.45, 7) is 12.3. The largest absolute Gasteiger partial charge is 0.453 e. The van der Waals surface area contributed by atoms with Crippen molar-refractivity contribution in [1.29, 1.82) is 0 Å². The molecule has 1 aromatic rings. The van der Waals surface area contributed by atoms with E-state index >= 15 is 0 Å². The summed E-state index contributed by atoms with van der Waals surface area (Å²) < 4.78 is 86.0. The number of ether oxygens (including phenoxy) is 1. The molecule has 1 fully saturated rings. The second kappa shape index (κ2) is 11.7. The topological polar surface area (TPSA) is 32.8 Å². The van der Waals surface area contributed by atoms with E-state index in [1.807, 2.05) is 0 Å². The van der Waals surface area contributed by atoms with E-state index in [4.69, 9.17) is 4.74 Å². The van der Waals surface area contributed by atoms with Gasteiger partial charge in [0.25, 0.3) is 0 Å². The van der Waals surface area contributed by atoms with Gasteiger partial charge in [0, 0.05) is 19.5 Å². The molecule has 0 radical (unpaired) electrons. The molecule has 4 nitrogen and oxygen atoms in total. The van der Waals surface area contributed by atoms with Gasteiger partial charge in [-0.2, -0.15) is 26.3 Å². The van der Waals surface area contributed by atoms with Crippen molar-refractivity contribution in [1.82, 2.24) is 9.80 Å². The van der Waals surface area contributed by atoms with Gasteiger partial charge in [0.15, 0.2) is 6.17 Å². The lowest BCUT2D eigenvalue weighted by atomic mass is 10.1. The number of hydrogen-bond donors (Lipinski definition) is 0. The van der Waals surface area contributed by atoms with Gasteiger partial charge in [-0.05, 0) is 34.3 Å². The molecule has 2 rings (SSSR count). The van der Waals surface area contributed by atoms with Crippen LogP contribution in [-0.2, 0) is 17.5 Å². The van der Waals surface area contributed by atoms with Crippen molar-refractivity contribution < 1.29 is 35.9 Å². The fourth-order valence-corrected chi connectivity index (χ4v) is 10.9. The summed E-state index contributed by atoms with van der Waals surface area (Å²) in [5.74, 6) is 3.14. The fourth-order valence-electron chi connectivity index (χ4n) is 5.66. The number of alkyl halides is 6. The number of rotatable bonds is 6. The Morgan fingerprint density at radius 1 is 1.00 bits per heavy atom. The third kappa shape index (κ3) is 6.82. The van der Waals surface area contributed by atoms with Crippen LogP contribution in [0, 0.1) is 11.5 Å². The van der Waals surface area contributed by atoms with Gasteiger partial charge < -0.3 is 4.74 Å². The number of nitrogens with zero attached hydrogens (tertiary/aromatic N) is 2. The van der Waals surface area contributed by atoms with E-state index in [0.29, 0.717) is 21.5 Å². The molecular formula is C26H36F6N2O2Si. The van der Waals surface area contributed by atoms with Gasteiger partial charge in [-0.1, -0.05) is 53.7 Å². The van der Waals surface area contributed by atoms with Crippen LogP contribution in [0.3, 0.4) is 0 Å². The highest BCUT2D eigenvalue weighted by Crippen LogP contribution is 2.41. The highest BCUT2D eigenvalue weighted by atomic mass is 28.3. The summed E-state index contributed by atoms with van der Waals surface area (Å²) in [6.07, 6.45) is -12.7. The summed E-state index contributed by atoms with van der Waals surface area (Å²) in [6, 6.07) is 3.09. The van der Waals surface area contributed by atoms with Crippen LogP contribution in [0.2, 0.25) is 16.6 Å². The Kier molecular flexibility index (Phi) is 9.80. The number of benzene rings is 1. The van der Waals surface area contributed by atoms with Crippen molar-refractivity contribution in [3.05, 3.63) is 35.4 Å². The van der Waals surface area contributed by atoms with Crippen LogP contribution in [-0.4, -0.2) is 56.0 Å². The Balaban J connectivity index is 2.42. The van der Waals surface area contributed by atoms with Crippen LogP contribution in [0.15, 0.2) is 24.3 Å². The molecule has 208 valence electrons. The van der Waals surface area contributed by atoms with Crippen molar-refractivity contribution in [2.24, 2.45) is 0 Å². The fraction of sp³-hybridized carbons (Fsp3) is 0.654. The SMILES string of the molecule is COC(=O)N1[C@@H](CC#C[Si](C(C)C)(C(C)C)C(C)C)CN(Cc2ccc(C(F)(F)F)cc2)[C@H]1C(F)(F)F. The van der Waals surface area contributed by atoms with Crippen LogP contribution in [0.5, 0.6) is 0 Å². The van der Waals surface area contributed by atoms with Crippen LogP contribution < -0.4 is 0 Å².